The lowest BCUT2D eigenvalue weighted by Gasteiger charge is -2.07. The molecule has 0 fully saturated rings. The molecular formula is C28H21FN2O5. The second kappa shape index (κ2) is 9.79. The number of methoxy groups -OCH3 is 2. The SMILES string of the molecule is COc1ccc(-c2nc3cc(NC(=O)/C=C/c4ccc(-c5ccc(F)cc5)o4)ccc3o2)cc1OC. The summed E-state index contributed by atoms with van der Waals surface area (Å²) in [5.74, 6) is 2.02. The van der Waals surface area contributed by atoms with Crippen molar-refractivity contribution >= 4 is 28.8 Å². The number of anilines is 1. The molecule has 0 saturated heterocycles. The number of hydrogen-bond acceptors (Lipinski definition) is 6. The summed E-state index contributed by atoms with van der Waals surface area (Å²) in [7, 11) is 3.13. The number of rotatable bonds is 7. The molecule has 0 bridgehead atoms. The Bertz CT molecular complexity index is 1570. The van der Waals surface area contributed by atoms with Gasteiger partial charge < -0.3 is 23.6 Å². The van der Waals surface area contributed by atoms with Gasteiger partial charge in [-0.05, 0) is 78.9 Å². The molecule has 0 aliphatic rings. The minimum absolute atomic E-state index is 0.317. The van der Waals surface area contributed by atoms with Crippen LogP contribution in [0, 0.1) is 5.82 Å². The van der Waals surface area contributed by atoms with E-state index in [-0.39, 0.29) is 11.7 Å². The number of aromatic nitrogens is 1. The van der Waals surface area contributed by atoms with E-state index in [2.05, 4.69) is 10.3 Å². The van der Waals surface area contributed by atoms with Crippen LogP contribution in [0.5, 0.6) is 11.5 Å². The van der Waals surface area contributed by atoms with Gasteiger partial charge in [-0.2, -0.15) is 0 Å². The number of benzene rings is 3. The van der Waals surface area contributed by atoms with Gasteiger partial charge in [-0.25, -0.2) is 9.37 Å². The normalized spacial score (nSPS) is 11.2. The monoisotopic (exact) mass is 484 g/mol. The number of amides is 1. The summed E-state index contributed by atoms with van der Waals surface area (Å²) < 4.78 is 35.3. The van der Waals surface area contributed by atoms with Crippen molar-refractivity contribution in [1.82, 2.24) is 4.98 Å². The largest absolute Gasteiger partial charge is 0.493 e. The molecule has 2 heterocycles. The summed E-state index contributed by atoms with van der Waals surface area (Å²) in [6.45, 7) is 0. The number of furan rings is 1. The van der Waals surface area contributed by atoms with Crippen molar-refractivity contribution in [3.63, 3.8) is 0 Å². The highest BCUT2D eigenvalue weighted by Gasteiger charge is 2.13. The smallest absolute Gasteiger partial charge is 0.248 e. The Morgan fingerprint density at radius 1 is 0.889 bits per heavy atom. The van der Waals surface area contributed by atoms with E-state index in [1.807, 2.05) is 6.07 Å². The lowest BCUT2D eigenvalue weighted by Crippen LogP contribution is -2.07. The summed E-state index contributed by atoms with van der Waals surface area (Å²) in [4.78, 5) is 17.0. The molecule has 0 aliphatic heterocycles. The standard InChI is InChI=1S/C28H21FN2O5/c1-33-25-11-5-18(15-26(25)34-2)28-31-22-16-20(8-12-24(22)36-28)30-27(32)14-10-21-9-13-23(35-21)17-3-6-19(29)7-4-17/h3-16H,1-2H3,(H,30,32)/b14-10+. The van der Waals surface area contributed by atoms with Gasteiger partial charge in [0.2, 0.25) is 11.8 Å². The van der Waals surface area contributed by atoms with Gasteiger partial charge in [0.15, 0.2) is 17.1 Å². The summed E-state index contributed by atoms with van der Waals surface area (Å²) >= 11 is 0. The van der Waals surface area contributed by atoms with E-state index < -0.39 is 0 Å². The highest BCUT2D eigenvalue weighted by atomic mass is 19.1. The lowest BCUT2D eigenvalue weighted by molar-refractivity contribution is -0.111. The maximum atomic E-state index is 13.1. The number of nitrogens with one attached hydrogen (secondary N) is 1. The fourth-order valence-electron chi connectivity index (χ4n) is 3.65. The molecule has 5 rings (SSSR count). The Morgan fingerprint density at radius 3 is 2.44 bits per heavy atom. The molecule has 2 aromatic heterocycles. The first-order valence-corrected chi connectivity index (χ1v) is 11.0. The van der Waals surface area contributed by atoms with Crippen LogP contribution in [0.1, 0.15) is 5.76 Å². The molecule has 8 heteroatoms. The van der Waals surface area contributed by atoms with E-state index >= 15 is 0 Å². The third-order valence-corrected chi connectivity index (χ3v) is 5.44. The molecule has 1 N–H and O–H groups in total. The van der Waals surface area contributed by atoms with Crippen molar-refractivity contribution < 1.29 is 27.5 Å². The van der Waals surface area contributed by atoms with Crippen molar-refractivity contribution in [2.24, 2.45) is 0 Å². The van der Waals surface area contributed by atoms with Crippen LogP contribution < -0.4 is 14.8 Å². The van der Waals surface area contributed by atoms with Crippen LogP contribution in [0.2, 0.25) is 0 Å². The van der Waals surface area contributed by atoms with Crippen molar-refractivity contribution in [2.45, 2.75) is 0 Å². The average molecular weight is 484 g/mol. The van der Waals surface area contributed by atoms with E-state index in [1.54, 1.807) is 74.9 Å². The third kappa shape index (κ3) is 4.83. The van der Waals surface area contributed by atoms with Gasteiger partial charge in [-0.15, -0.1) is 0 Å². The maximum absolute atomic E-state index is 13.1. The number of halogens is 1. The van der Waals surface area contributed by atoms with Crippen LogP contribution >= 0.6 is 0 Å². The third-order valence-electron chi connectivity index (χ3n) is 5.44. The summed E-state index contributed by atoms with van der Waals surface area (Å²) in [5.41, 5.74) is 3.22. The molecule has 0 radical (unpaired) electrons. The molecule has 3 aromatic carbocycles. The molecule has 7 nitrogen and oxygen atoms in total. The fourth-order valence-corrected chi connectivity index (χ4v) is 3.65. The van der Waals surface area contributed by atoms with Crippen LogP contribution in [-0.4, -0.2) is 25.1 Å². The van der Waals surface area contributed by atoms with Gasteiger partial charge in [0.05, 0.1) is 14.2 Å². The van der Waals surface area contributed by atoms with Crippen molar-refractivity contribution in [1.29, 1.82) is 0 Å². The fraction of sp³-hybridized carbons (Fsp3) is 0.0714. The van der Waals surface area contributed by atoms with Gasteiger partial charge in [-0.3, -0.25) is 4.79 Å². The quantitative estimate of drug-likeness (QED) is 0.263. The molecule has 0 aliphatic carbocycles. The Hall–Kier alpha value is -4.85. The molecular weight excluding hydrogens is 463 g/mol. The van der Waals surface area contributed by atoms with Crippen LogP contribution in [0.4, 0.5) is 10.1 Å². The van der Waals surface area contributed by atoms with Gasteiger partial charge >= 0.3 is 0 Å². The Labute approximate surface area is 205 Å². The van der Waals surface area contributed by atoms with Crippen LogP contribution in [0.15, 0.2) is 87.7 Å². The van der Waals surface area contributed by atoms with Crippen LogP contribution in [0.25, 0.3) is 40.0 Å². The number of ether oxygens (including phenoxy) is 2. The van der Waals surface area contributed by atoms with E-state index in [1.165, 1.54) is 18.2 Å². The highest BCUT2D eigenvalue weighted by Crippen LogP contribution is 2.33. The lowest BCUT2D eigenvalue weighted by atomic mass is 10.2. The molecule has 0 spiro atoms. The van der Waals surface area contributed by atoms with Gasteiger partial charge in [-0.1, -0.05) is 0 Å². The van der Waals surface area contributed by atoms with E-state index in [0.29, 0.717) is 45.7 Å². The Kier molecular flexibility index (Phi) is 6.23. The van der Waals surface area contributed by atoms with E-state index in [4.69, 9.17) is 18.3 Å². The molecule has 180 valence electrons. The molecule has 0 saturated carbocycles. The molecule has 36 heavy (non-hydrogen) atoms. The van der Waals surface area contributed by atoms with E-state index in [9.17, 15) is 9.18 Å². The summed E-state index contributed by atoms with van der Waals surface area (Å²) in [6, 6.07) is 20.1. The Balaban J connectivity index is 1.28. The van der Waals surface area contributed by atoms with Gasteiger partial charge in [0.25, 0.3) is 0 Å². The van der Waals surface area contributed by atoms with E-state index in [0.717, 1.165) is 11.1 Å². The number of hydrogen-bond donors (Lipinski definition) is 1. The summed E-state index contributed by atoms with van der Waals surface area (Å²) in [6.07, 6.45) is 2.93. The topological polar surface area (TPSA) is 86.7 Å². The van der Waals surface area contributed by atoms with Crippen LogP contribution in [0.3, 0.4) is 0 Å². The number of nitrogens with zero attached hydrogens (tertiary/aromatic N) is 1. The average Bonchev–Trinajstić information content (AvgIpc) is 3.54. The summed E-state index contributed by atoms with van der Waals surface area (Å²) in [5, 5.41) is 2.80. The zero-order valence-electron chi connectivity index (χ0n) is 19.4. The van der Waals surface area contributed by atoms with Gasteiger partial charge in [0.1, 0.15) is 22.9 Å². The first-order chi connectivity index (χ1) is 17.5. The molecule has 0 unspecified atom stereocenters. The number of oxazole rings is 1. The molecule has 5 aromatic rings. The zero-order chi connectivity index (χ0) is 25.1. The zero-order valence-corrected chi connectivity index (χ0v) is 19.4. The number of carbonyl (C=O) groups is 1. The first kappa shape index (κ1) is 22.9. The minimum Gasteiger partial charge on any atom is -0.493 e. The van der Waals surface area contributed by atoms with Crippen molar-refractivity contribution in [2.75, 3.05) is 19.5 Å². The van der Waals surface area contributed by atoms with Crippen LogP contribution in [-0.2, 0) is 4.79 Å². The van der Waals surface area contributed by atoms with Gasteiger partial charge in [0, 0.05) is 22.9 Å². The molecule has 0 atom stereocenters. The molecule has 1 amide bonds. The highest BCUT2D eigenvalue weighted by molar-refractivity contribution is 6.02. The van der Waals surface area contributed by atoms with Crippen molar-refractivity contribution in [3.05, 3.63) is 90.4 Å². The minimum atomic E-state index is -0.335. The second-order valence-corrected chi connectivity index (χ2v) is 7.80. The maximum Gasteiger partial charge on any atom is 0.248 e. The second-order valence-electron chi connectivity index (χ2n) is 7.80. The first-order valence-electron chi connectivity index (χ1n) is 11.0. The Morgan fingerprint density at radius 2 is 1.67 bits per heavy atom. The number of fused-ring (bicyclic) bond motifs is 1. The predicted molar refractivity (Wildman–Crippen MR) is 134 cm³/mol. The predicted octanol–water partition coefficient (Wildman–Crippen LogP) is 6.56. The van der Waals surface area contributed by atoms with Crippen molar-refractivity contribution in [3.8, 4) is 34.3 Å². The number of carbonyl (C=O) groups excluding carboxylic acids is 1.